The summed E-state index contributed by atoms with van der Waals surface area (Å²) in [6, 6.07) is 9.97. The van der Waals surface area contributed by atoms with E-state index in [0.717, 1.165) is 6.07 Å². The summed E-state index contributed by atoms with van der Waals surface area (Å²) >= 11 is 0. The van der Waals surface area contributed by atoms with E-state index in [2.05, 4.69) is 5.32 Å². The fourth-order valence-electron chi connectivity index (χ4n) is 2.55. The van der Waals surface area contributed by atoms with Gasteiger partial charge in [-0.25, -0.2) is 8.78 Å². The summed E-state index contributed by atoms with van der Waals surface area (Å²) in [5.41, 5.74) is 0.848. The summed E-state index contributed by atoms with van der Waals surface area (Å²) in [6.07, 6.45) is 0.503. The molecule has 0 radical (unpaired) electrons. The Morgan fingerprint density at radius 2 is 1.85 bits per heavy atom. The number of halogens is 2. The lowest BCUT2D eigenvalue weighted by Crippen LogP contribution is -2.15. The second-order valence-corrected chi connectivity index (χ2v) is 6.19. The van der Waals surface area contributed by atoms with Crippen molar-refractivity contribution in [3.05, 3.63) is 59.7 Å². The highest BCUT2D eigenvalue weighted by molar-refractivity contribution is 5.91. The van der Waals surface area contributed by atoms with Crippen molar-refractivity contribution in [3.63, 3.8) is 0 Å². The van der Waals surface area contributed by atoms with Gasteiger partial charge in [0, 0.05) is 24.6 Å². The molecule has 2 rings (SSSR count). The average Bonchev–Trinajstić information content (AvgIpc) is 2.59. The van der Waals surface area contributed by atoms with Gasteiger partial charge in [0.25, 0.3) is 0 Å². The van der Waals surface area contributed by atoms with E-state index in [1.807, 2.05) is 0 Å². The molecule has 0 heterocycles. The first-order valence-electron chi connectivity index (χ1n) is 8.54. The zero-order valence-corrected chi connectivity index (χ0v) is 14.9. The minimum atomic E-state index is -0.869. The molecule has 0 saturated heterocycles. The van der Waals surface area contributed by atoms with Crippen molar-refractivity contribution in [1.82, 2.24) is 0 Å². The lowest BCUT2D eigenvalue weighted by molar-refractivity contribution is -0.137. The van der Waals surface area contributed by atoms with Crippen LogP contribution in [0, 0.1) is 11.6 Å². The van der Waals surface area contributed by atoms with Crippen LogP contribution in [0.25, 0.3) is 0 Å². The van der Waals surface area contributed by atoms with Gasteiger partial charge in [-0.3, -0.25) is 9.59 Å². The summed E-state index contributed by atoms with van der Waals surface area (Å²) < 4.78 is 32.2. The van der Waals surface area contributed by atoms with Crippen LogP contribution < -0.4 is 10.1 Å². The number of carboxylic acids is 1. The third-order valence-corrected chi connectivity index (χ3v) is 3.93. The van der Waals surface area contributed by atoms with Gasteiger partial charge in [0.15, 0.2) is 0 Å². The smallest absolute Gasteiger partial charge is 0.303 e. The molecule has 0 aliphatic heterocycles. The highest BCUT2D eigenvalue weighted by Gasteiger charge is 2.15. The maximum absolute atomic E-state index is 13.8. The molecule has 2 N–H and O–H groups in total. The number of carbonyl (C=O) groups is 2. The number of nitrogens with one attached hydrogen (secondary N) is 1. The van der Waals surface area contributed by atoms with E-state index in [9.17, 15) is 18.4 Å². The molecule has 1 amide bonds. The Hall–Kier alpha value is -2.96. The lowest BCUT2D eigenvalue weighted by Gasteiger charge is -2.13. The summed E-state index contributed by atoms with van der Waals surface area (Å²) in [6.45, 7) is 1.99. The standard InChI is InChI=1S/C20H21F2NO4/c1-13(17-9-4-14(21)12-18(17)22)11-19(24)23-15-5-7-16(8-6-15)27-10-2-3-20(25)26/h4-9,12-13H,2-3,10-11H2,1H3,(H,23,24)(H,25,26). The molecule has 0 fully saturated rings. The number of carbonyl (C=O) groups excluding carboxylic acids is 1. The van der Waals surface area contributed by atoms with Gasteiger partial charge >= 0.3 is 5.97 Å². The molecule has 0 aliphatic rings. The van der Waals surface area contributed by atoms with Crippen molar-refractivity contribution >= 4 is 17.6 Å². The number of carboxylic acid groups (broad SMARTS) is 1. The number of hydrogen-bond acceptors (Lipinski definition) is 3. The highest BCUT2D eigenvalue weighted by Crippen LogP contribution is 2.24. The largest absolute Gasteiger partial charge is 0.494 e. The number of rotatable bonds is 9. The van der Waals surface area contributed by atoms with E-state index in [1.54, 1.807) is 31.2 Å². The van der Waals surface area contributed by atoms with Crippen molar-refractivity contribution in [2.45, 2.75) is 32.1 Å². The van der Waals surface area contributed by atoms with Crippen LogP contribution in [0.15, 0.2) is 42.5 Å². The summed E-state index contributed by atoms with van der Waals surface area (Å²) in [7, 11) is 0. The number of ether oxygens (including phenoxy) is 1. The Labute approximate surface area is 156 Å². The van der Waals surface area contributed by atoms with Crippen LogP contribution in [-0.2, 0) is 9.59 Å². The normalized spacial score (nSPS) is 11.7. The lowest BCUT2D eigenvalue weighted by atomic mass is 9.97. The Bertz CT molecular complexity index is 793. The molecule has 0 aromatic heterocycles. The third-order valence-electron chi connectivity index (χ3n) is 3.93. The second kappa shape index (κ2) is 9.66. The van der Waals surface area contributed by atoms with Crippen LogP contribution in [0.1, 0.15) is 37.7 Å². The molecule has 5 nitrogen and oxygen atoms in total. The van der Waals surface area contributed by atoms with Gasteiger partial charge in [0.05, 0.1) is 6.61 Å². The SMILES string of the molecule is CC(CC(=O)Nc1ccc(OCCCC(=O)O)cc1)c1ccc(F)cc1F. The molecule has 2 aromatic carbocycles. The maximum Gasteiger partial charge on any atom is 0.303 e. The number of anilines is 1. The van der Waals surface area contributed by atoms with E-state index in [-0.39, 0.29) is 24.3 Å². The van der Waals surface area contributed by atoms with Crippen LogP contribution in [0.5, 0.6) is 5.75 Å². The first-order valence-corrected chi connectivity index (χ1v) is 8.54. The molecule has 27 heavy (non-hydrogen) atoms. The molecule has 0 aliphatic carbocycles. The molecular weight excluding hydrogens is 356 g/mol. The number of amides is 1. The van der Waals surface area contributed by atoms with Gasteiger partial charge in [0.1, 0.15) is 17.4 Å². The minimum Gasteiger partial charge on any atom is -0.494 e. The van der Waals surface area contributed by atoms with Gasteiger partial charge in [-0.15, -0.1) is 0 Å². The van der Waals surface area contributed by atoms with Gasteiger partial charge in [-0.05, 0) is 48.2 Å². The summed E-state index contributed by atoms with van der Waals surface area (Å²) in [5.74, 6) is -2.31. The van der Waals surface area contributed by atoms with Crippen molar-refractivity contribution in [1.29, 1.82) is 0 Å². The van der Waals surface area contributed by atoms with Crippen LogP contribution in [0.4, 0.5) is 14.5 Å². The molecule has 7 heteroatoms. The van der Waals surface area contributed by atoms with Gasteiger partial charge in [-0.2, -0.15) is 0 Å². The van der Waals surface area contributed by atoms with Crippen molar-refractivity contribution in [3.8, 4) is 5.75 Å². The summed E-state index contributed by atoms with van der Waals surface area (Å²) in [4.78, 5) is 22.6. The average molecular weight is 377 g/mol. The predicted octanol–water partition coefficient (Wildman–Crippen LogP) is 4.34. The zero-order chi connectivity index (χ0) is 19.8. The van der Waals surface area contributed by atoms with E-state index >= 15 is 0 Å². The van der Waals surface area contributed by atoms with E-state index in [0.29, 0.717) is 24.5 Å². The molecule has 0 spiro atoms. The molecule has 2 aromatic rings. The molecular formula is C20H21F2NO4. The first kappa shape index (κ1) is 20.4. The molecule has 0 bridgehead atoms. The quantitative estimate of drug-likeness (QED) is 0.638. The fourth-order valence-corrected chi connectivity index (χ4v) is 2.55. The van der Waals surface area contributed by atoms with Gasteiger partial charge in [0.2, 0.25) is 5.91 Å². The maximum atomic E-state index is 13.8. The minimum absolute atomic E-state index is 0.0426. The van der Waals surface area contributed by atoms with Gasteiger partial charge in [-0.1, -0.05) is 13.0 Å². The topological polar surface area (TPSA) is 75.6 Å². The van der Waals surface area contributed by atoms with Crippen molar-refractivity contribution in [2.24, 2.45) is 0 Å². The van der Waals surface area contributed by atoms with E-state index in [1.165, 1.54) is 12.1 Å². The molecule has 1 atom stereocenters. The second-order valence-electron chi connectivity index (χ2n) is 6.19. The Kier molecular flexibility index (Phi) is 7.28. The Morgan fingerprint density at radius 1 is 1.15 bits per heavy atom. The van der Waals surface area contributed by atoms with Crippen molar-refractivity contribution < 1.29 is 28.2 Å². The number of aliphatic carboxylic acids is 1. The molecule has 1 unspecified atom stereocenters. The van der Waals surface area contributed by atoms with Crippen LogP contribution >= 0.6 is 0 Å². The van der Waals surface area contributed by atoms with Crippen LogP contribution in [0.3, 0.4) is 0 Å². The Balaban J connectivity index is 1.83. The van der Waals surface area contributed by atoms with Gasteiger partial charge < -0.3 is 15.2 Å². The first-order chi connectivity index (χ1) is 12.8. The monoisotopic (exact) mass is 377 g/mol. The predicted molar refractivity (Wildman–Crippen MR) is 96.8 cm³/mol. The zero-order valence-electron chi connectivity index (χ0n) is 14.9. The van der Waals surface area contributed by atoms with E-state index in [4.69, 9.17) is 9.84 Å². The third kappa shape index (κ3) is 6.69. The number of hydrogen-bond donors (Lipinski definition) is 2. The number of benzene rings is 2. The molecule has 144 valence electrons. The van der Waals surface area contributed by atoms with E-state index < -0.39 is 23.5 Å². The van der Waals surface area contributed by atoms with Crippen molar-refractivity contribution in [2.75, 3.05) is 11.9 Å². The molecule has 0 saturated carbocycles. The van der Waals surface area contributed by atoms with Crippen LogP contribution in [0.2, 0.25) is 0 Å². The summed E-state index contributed by atoms with van der Waals surface area (Å²) in [5, 5.41) is 11.3. The van der Waals surface area contributed by atoms with Crippen LogP contribution in [-0.4, -0.2) is 23.6 Å². The highest BCUT2D eigenvalue weighted by atomic mass is 19.1. The fraction of sp³-hybridized carbons (Fsp3) is 0.300. The Morgan fingerprint density at radius 3 is 2.48 bits per heavy atom.